The first-order chi connectivity index (χ1) is 7.16. The highest BCUT2D eigenvalue weighted by molar-refractivity contribution is 4.84. The van der Waals surface area contributed by atoms with Gasteiger partial charge in [0, 0.05) is 6.61 Å². The van der Waals surface area contributed by atoms with Crippen LogP contribution < -0.4 is 0 Å². The molecule has 4 atom stereocenters. The topological polar surface area (TPSA) is 29.5 Å². The Morgan fingerprint density at radius 2 is 1.93 bits per heavy atom. The fraction of sp³-hybridized carbons (Fsp3) is 1.00. The molecule has 1 N–H and O–H groups in total. The Morgan fingerprint density at radius 3 is 2.53 bits per heavy atom. The van der Waals surface area contributed by atoms with Crippen LogP contribution in [0.15, 0.2) is 0 Å². The molecule has 2 fully saturated rings. The lowest BCUT2D eigenvalue weighted by atomic mass is 9.79. The summed E-state index contributed by atoms with van der Waals surface area (Å²) in [5.41, 5.74) is 0. The van der Waals surface area contributed by atoms with Crippen molar-refractivity contribution in [3.8, 4) is 0 Å². The first-order valence-electron chi connectivity index (χ1n) is 6.46. The lowest BCUT2D eigenvalue weighted by molar-refractivity contribution is -0.0967. The fourth-order valence-electron chi connectivity index (χ4n) is 2.84. The Bertz CT molecular complexity index is 189. The zero-order chi connectivity index (χ0) is 10.8. The minimum atomic E-state index is -0.233. The van der Waals surface area contributed by atoms with Gasteiger partial charge in [-0.25, -0.2) is 0 Å². The highest BCUT2D eigenvalue weighted by atomic mass is 16.5. The van der Waals surface area contributed by atoms with E-state index in [-0.39, 0.29) is 12.2 Å². The van der Waals surface area contributed by atoms with E-state index in [1.54, 1.807) is 0 Å². The molecule has 2 saturated carbocycles. The third-order valence-electron chi connectivity index (χ3n) is 3.89. The summed E-state index contributed by atoms with van der Waals surface area (Å²) in [5.74, 6) is 2.10. The molecule has 2 aliphatic carbocycles. The highest BCUT2D eigenvalue weighted by Crippen LogP contribution is 2.34. The van der Waals surface area contributed by atoms with Crippen LogP contribution >= 0.6 is 0 Å². The predicted octanol–water partition coefficient (Wildman–Crippen LogP) is 2.60. The van der Waals surface area contributed by atoms with E-state index < -0.39 is 0 Å². The van der Waals surface area contributed by atoms with E-state index in [1.807, 2.05) is 0 Å². The molecular formula is C13H24O2. The molecule has 0 radical (unpaired) electrons. The van der Waals surface area contributed by atoms with E-state index in [0.717, 1.165) is 18.9 Å². The van der Waals surface area contributed by atoms with Gasteiger partial charge in [-0.15, -0.1) is 0 Å². The monoisotopic (exact) mass is 212 g/mol. The van der Waals surface area contributed by atoms with Crippen LogP contribution in [0.3, 0.4) is 0 Å². The normalized spacial score (nSPS) is 41.8. The van der Waals surface area contributed by atoms with Crippen LogP contribution in [-0.4, -0.2) is 23.9 Å². The molecule has 0 bridgehead atoms. The largest absolute Gasteiger partial charge is 0.390 e. The standard InChI is InChI=1S/C13H24O2/c1-9-7-10(2)13(12(14)8-9)15-6-5-11-3-4-11/h9-14H,3-8H2,1-2H3. The van der Waals surface area contributed by atoms with Crippen molar-refractivity contribution in [1.82, 2.24) is 0 Å². The van der Waals surface area contributed by atoms with Gasteiger partial charge < -0.3 is 9.84 Å². The third-order valence-corrected chi connectivity index (χ3v) is 3.89. The van der Waals surface area contributed by atoms with Crippen molar-refractivity contribution in [1.29, 1.82) is 0 Å². The molecule has 88 valence electrons. The van der Waals surface area contributed by atoms with Gasteiger partial charge in [-0.05, 0) is 37.0 Å². The number of hydrogen-bond acceptors (Lipinski definition) is 2. The number of ether oxygens (including phenoxy) is 1. The van der Waals surface area contributed by atoms with Crippen molar-refractivity contribution < 1.29 is 9.84 Å². The summed E-state index contributed by atoms with van der Waals surface area (Å²) < 4.78 is 5.86. The Labute approximate surface area is 93.0 Å². The van der Waals surface area contributed by atoms with Crippen molar-refractivity contribution in [3.63, 3.8) is 0 Å². The van der Waals surface area contributed by atoms with Gasteiger partial charge in [0.15, 0.2) is 0 Å². The quantitative estimate of drug-likeness (QED) is 0.776. The molecule has 0 spiro atoms. The number of aliphatic hydroxyl groups excluding tert-OH is 1. The Hall–Kier alpha value is -0.0800. The van der Waals surface area contributed by atoms with E-state index >= 15 is 0 Å². The first-order valence-corrected chi connectivity index (χ1v) is 6.46. The Balaban J connectivity index is 1.73. The van der Waals surface area contributed by atoms with E-state index in [1.165, 1.54) is 25.7 Å². The van der Waals surface area contributed by atoms with Crippen LogP contribution in [0.4, 0.5) is 0 Å². The summed E-state index contributed by atoms with van der Waals surface area (Å²) >= 11 is 0. The molecule has 0 aromatic carbocycles. The van der Waals surface area contributed by atoms with Crippen LogP contribution in [0.1, 0.15) is 46.0 Å². The lowest BCUT2D eigenvalue weighted by Gasteiger charge is -2.36. The second-order valence-corrected chi connectivity index (χ2v) is 5.69. The molecule has 2 aliphatic rings. The molecule has 0 aromatic heterocycles. The van der Waals surface area contributed by atoms with Gasteiger partial charge in [0.25, 0.3) is 0 Å². The summed E-state index contributed by atoms with van der Waals surface area (Å²) in [5, 5.41) is 9.97. The van der Waals surface area contributed by atoms with Crippen LogP contribution in [0.2, 0.25) is 0 Å². The average molecular weight is 212 g/mol. The number of aliphatic hydroxyl groups is 1. The van der Waals surface area contributed by atoms with E-state index in [4.69, 9.17) is 4.74 Å². The summed E-state index contributed by atoms with van der Waals surface area (Å²) in [6, 6.07) is 0. The molecular weight excluding hydrogens is 188 g/mol. The molecule has 2 nitrogen and oxygen atoms in total. The minimum Gasteiger partial charge on any atom is -0.390 e. The second-order valence-electron chi connectivity index (χ2n) is 5.69. The number of hydrogen-bond donors (Lipinski definition) is 1. The first kappa shape index (κ1) is 11.4. The molecule has 0 saturated heterocycles. The molecule has 0 amide bonds. The smallest absolute Gasteiger partial charge is 0.0859 e. The Kier molecular flexibility index (Phi) is 3.68. The lowest BCUT2D eigenvalue weighted by Crippen LogP contribution is -2.41. The van der Waals surface area contributed by atoms with Crippen LogP contribution in [0.25, 0.3) is 0 Å². The molecule has 15 heavy (non-hydrogen) atoms. The zero-order valence-electron chi connectivity index (χ0n) is 9.98. The van der Waals surface area contributed by atoms with Crippen molar-refractivity contribution >= 4 is 0 Å². The van der Waals surface area contributed by atoms with Gasteiger partial charge in [0.05, 0.1) is 12.2 Å². The maximum Gasteiger partial charge on any atom is 0.0859 e. The summed E-state index contributed by atoms with van der Waals surface area (Å²) in [6.07, 6.45) is 5.96. The van der Waals surface area contributed by atoms with Gasteiger partial charge in [-0.2, -0.15) is 0 Å². The van der Waals surface area contributed by atoms with Gasteiger partial charge in [0.2, 0.25) is 0 Å². The molecule has 0 aliphatic heterocycles. The van der Waals surface area contributed by atoms with E-state index in [0.29, 0.717) is 11.8 Å². The predicted molar refractivity (Wildman–Crippen MR) is 60.6 cm³/mol. The average Bonchev–Trinajstić information content (AvgIpc) is 2.93. The van der Waals surface area contributed by atoms with Gasteiger partial charge in [0.1, 0.15) is 0 Å². The Morgan fingerprint density at radius 1 is 1.20 bits per heavy atom. The molecule has 4 unspecified atom stereocenters. The van der Waals surface area contributed by atoms with Crippen LogP contribution in [0, 0.1) is 17.8 Å². The molecule has 0 heterocycles. The second kappa shape index (κ2) is 4.84. The maximum absolute atomic E-state index is 9.97. The van der Waals surface area contributed by atoms with Crippen LogP contribution in [-0.2, 0) is 4.74 Å². The van der Waals surface area contributed by atoms with Crippen LogP contribution in [0.5, 0.6) is 0 Å². The molecule has 0 aromatic rings. The third kappa shape index (κ3) is 3.18. The SMILES string of the molecule is CC1CC(C)C(OCCC2CC2)C(O)C1. The number of rotatable bonds is 4. The summed E-state index contributed by atoms with van der Waals surface area (Å²) in [4.78, 5) is 0. The fourth-order valence-corrected chi connectivity index (χ4v) is 2.84. The minimum absolute atomic E-state index is 0.0972. The van der Waals surface area contributed by atoms with E-state index in [9.17, 15) is 5.11 Å². The van der Waals surface area contributed by atoms with Crippen molar-refractivity contribution in [3.05, 3.63) is 0 Å². The molecule has 2 heteroatoms. The van der Waals surface area contributed by atoms with Crippen molar-refractivity contribution in [2.24, 2.45) is 17.8 Å². The van der Waals surface area contributed by atoms with Gasteiger partial charge >= 0.3 is 0 Å². The van der Waals surface area contributed by atoms with Crippen molar-refractivity contribution in [2.75, 3.05) is 6.61 Å². The summed E-state index contributed by atoms with van der Waals surface area (Å²) in [7, 11) is 0. The highest BCUT2D eigenvalue weighted by Gasteiger charge is 2.33. The van der Waals surface area contributed by atoms with Gasteiger partial charge in [-0.1, -0.05) is 26.7 Å². The van der Waals surface area contributed by atoms with E-state index in [2.05, 4.69) is 13.8 Å². The molecule has 2 rings (SSSR count). The zero-order valence-corrected chi connectivity index (χ0v) is 9.98. The van der Waals surface area contributed by atoms with Gasteiger partial charge in [-0.3, -0.25) is 0 Å². The maximum atomic E-state index is 9.97. The summed E-state index contributed by atoms with van der Waals surface area (Å²) in [6.45, 7) is 5.28. The van der Waals surface area contributed by atoms with Crippen molar-refractivity contribution in [2.45, 2.75) is 58.2 Å².